The van der Waals surface area contributed by atoms with Gasteiger partial charge in [0.1, 0.15) is 6.04 Å². The molecule has 1 atom stereocenters. The molecule has 1 aromatic carbocycles. The van der Waals surface area contributed by atoms with Crippen LogP contribution in [0.3, 0.4) is 0 Å². The van der Waals surface area contributed by atoms with Crippen molar-refractivity contribution in [3.05, 3.63) is 35.4 Å². The van der Waals surface area contributed by atoms with Crippen molar-refractivity contribution in [2.75, 3.05) is 6.54 Å². The molecule has 0 saturated heterocycles. The van der Waals surface area contributed by atoms with Gasteiger partial charge in [-0.2, -0.15) is 0 Å². The average Bonchev–Trinajstić information content (AvgIpc) is 2.50. The number of hydrogen-bond acceptors (Lipinski definition) is 3. The lowest BCUT2D eigenvalue weighted by atomic mass is 9.97. The molecule has 6 nitrogen and oxygen atoms in total. The Hall–Kier alpha value is -2.37. The highest BCUT2D eigenvalue weighted by atomic mass is 16.4. The molecule has 6 heteroatoms. The molecule has 0 aromatic heterocycles. The minimum absolute atomic E-state index is 0.0161. The second-order valence-electron chi connectivity index (χ2n) is 7.81. The van der Waals surface area contributed by atoms with Crippen molar-refractivity contribution in [2.45, 2.75) is 47.1 Å². The van der Waals surface area contributed by atoms with Gasteiger partial charge in [0.2, 0.25) is 0 Å². The van der Waals surface area contributed by atoms with E-state index in [1.165, 1.54) is 12.1 Å². The molecule has 0 bridgehead atoms. The lowest BCUT2D eigenvalue weighted by Gasteiger charge is -2.19. The first-order valence-electron chi connectivity index (χ1n) is 8.41. The van der Waals surface area contributed by atoms with E-state index >= 15 is 0 Å². The Morgan fingerprint density at radius 1 is 1.00 bits per heavy atom. The predicted molar refractivity (Wildman–Crippen MR) is 96.6 cm³/mol. The average molecular weight is 348 g/mol. The molecule has 25 heavy (non-hydrogen) atoms. The highest BCUT2D eigenvalue weighted by molar-refractivity contribution is 5.99. The summed E-state index contributed by atoms with van der Waals surface area (Å²) in [6.45, 7) is 10.4. The third-order valence-electron chi connectivity index (χ3n) is 3.50. The number of carboxylic acids is 1. The molecular formula is C19H28N2O4. The number of carbonyl (C=O) groups is 3. The van der Waals surface area contributed by atoms with Crippen molar-refractivity contribution in [3.63, 3.8) is 0 Å². The molecule has 0 heterocycles. The first-order valence-corrected chi connectivity index (χ1v) is 8.41. The van der Waals surface area contributed by atoms with Crippen molar-refractivity contribution in [2.24, 2.45) is 11.3 Å². The zero-order valence-corrected chi connectivity index (χ0v) is 15.6. The van der Waals surface area contributed by atoms with Crippen LogP contribution in [0.4, 0.5) is 0 Å². The third-order valence-corrected chi connectivity index (χ3v) is 3.50. The molecule has 0 aliphatic heterocycles. The molecule has 1 rings (SSSR count). The van der Waals surface area contributed by atoms with Crippen molar-refractivity contribution in [3.8, 4) is 0 Å². The molecule has 0 saturated carbocycles. The van der Waals surface area contributed by atoms with Gasteiger partial charge in [-0.25, -0.2) is 4.79 Å². The summed E-state index contributed by atoms with van der Waals surface area (Å²) < 4.78 is 0. The van der Waals surface area contributed by atoms with Crippen LogP contribution in [0.25, 0.3) is 0 Å². The SMILES string of the molecule is CC(C)C[C@@H](NC(=O)c1ccc(C(=O)NCC(C)(C)C)cc1)C(=O)O. The van der Waals surface area contributed by atoms with E-state index in [1.807, 2.05) is 34.6 Å². The van der Waals surface area contributed by atoms with E-state index < -0.39 is 17.9 Å². The Morgan fingerprint density at radius 3 is 1.88 bits per heavy atom. The smallest absolute Gasteiger partial charge is 0.326 e. The van der Waals surface area contributed by atoms with Crippen LogP contribution in [0, 0.1) is 11.3 Å². The van der Waals surface area contributed by atoms with Crippen LogP contribution < -0.4 is 10.6 Å². The van der Waals surface area contributed by atoms with Gasteiger partial charge in [0.05, 0.1) is 0 Å². The van der Waals surface area contributed by atoms with Crippen molar-refractivity contribution < 1.29 is 19.5 Å². The maximum Gasteiger partial charge on any atom is 0.326 e. The summed E-state index contributed by atoms with van der Waals surface area (Å²) in [7, 11) is 0. The number of nitrogens with one attached hydrogen (secondary N) is 2. The summed E-state index contributed by atoms with van der Waals surface area (Å²) in [4.78, 5) is 35.5. The second kappa shape index (κ2) is 8.65. The molecule has 0 spiro atoms. The minimum Gasteiger partial charge on any atom is -0.480 e. The summed E-state index contributed by atoms with van der Waals surface area (Å²) in [5.41, 5.74) is 0.762. The largest absolute Gasteiger partial charge is 0.480 e. The minimum atomic E-state index is -1.06. The van der Waals surface area contributed by atoms with Crippen LogP contribution in [-0.4, -0.2) is 35.5 Å². The van der Waals surface area contributed by atoms with Gasteiger partial charge in [-0.1, -0.05) is 34.6 Å². The van der Waals surface area contributed by atoms with Crippen LogP contribution in [-0.2, 0) is 4.79 Å². The predicted octanol–water partition coefficient (Wildman–Crippen LogP) is 2.69. The summed E-state index contributed by atoms with van der Waals surface area (Å²) in [6.07, 6.45) is 0.356. The van der Waals surface area contributed by atoms with Gasteiger partial charge >= 0.3 is 5.97 Å². The molecule has 138 valence electrons. The molecule has 0 aliphatic carbocycles. The number of rotatable bonds is 7. The van der Waals surface area contributed by atoms with E-state index in [1.54, 1.807) is 12.1 Å². The summed E-state index contributed by atoms with van der Waals surface area (Å²) in [5, 5.41) is 14.5. The van der Waals surface area contributed by atoms with Gasteiger partial charge in [0.15, 0.2) is 0 Å². The number of amides is 2. The van der Waals surface area contributed by atoms with Gasteiger partial charge in [0, 0.05) is 17.7 Å². The van der Waals surface area contributed by atoms with E-state index in [4.69, 9.17) is 0 Å². The molecule has 0 aliphatic rings. The van der Waals surface area contributed by atoms with Gasteiger partial charge in [-0.3, -0.25) is 9.59 Å². The molecule has 0 unspecified atom stereocenters. The zero-order chi connectivity index (χ0) is 19.2. The molecule has 0 radical (unpaired) electrons. The maximum atomic E-state index is 12.2. The topological polar surface area (TPSA) is 95.5 Å². The Labute approximate surface area is 149 Å². The van der Waals surface area contributed by atoms with Crippen LogP contribution in [0.2, 0.25) is 0 Å². The van der Waals surface area contributed by atoms with Crippen LogP contribution >= 0.6 is 0 Å². The van der Waals surface area contributed by atoms with Crippen molar-refractivity contribution in [1.29, 1.82) is 0 Å². The van der Waals surface area contributed by atoms with E-state index in [-0.39, 0.29) is 17.2 Å². The Balaban J connectivity index is 2.73. The van der Waals surface area contributed by atoms with Gasteiger partial charge in [0.25, 0.3) is 11.8 Å². The zero-order valence-electron chi connectivity index (χ0n) is 15.6. The first-order chi connectivity index (χ1) is 11.5. The maximum absolute atomic E-state index is 12.2. The summed E-state index contributed by atoms with van der Waals surface area (Å²) >= 11 is 0. The highest BCUT2D eigenvalue weighted by Gasteiger charge is 2.22. The van der Waals surface area contributed by atoms with Crippen molar-refractivity contribution in [1.82, 2.24) is 10.6 Å². The Kier molecular flexibility index (Phi) is 7.15. The Bertz CT molecular complexity index is 615. The quantitative estimate of drug-likeness (QED) is 0.706. The number of carboxylic acid groups (broad SMARTS) is 1. The lowest BCUT2D eigenvalue weighted by Crippen LogP contribution is -2.41. The van der Waals surface area contributed by atoms with Crippen LogP contribution in [0.15, 0.2) is 24.3 Å². The van der Waals surface area contributed by atoms with Crippen LogP contribution in [0.1, 0.15) is 61.8 Å². The Morgan fingerprint density at radius 2 is 1.48 bits per heavy atom. The molecule has 0 fully saturated rings. The number of hydrogen-bond donors (Lipinski definition) is 3. The van der Waals surface area contributed by atoms with E-state index in [2.05, 4.69) is 10.6 Å². The fourth-order valence-electron chi connectivity index (χ4n) is 2.15. The standard InChI is InChI=1S/C19H28N2O4/c1-12(2)10-15(18(24)25)21-17(23)14-8-6-13(7-9-14)16(22)20-11-19(3,4)5/h6-9,12,15H,10-11H2,1-5H3,(H,20,22)(H,21,23)(H,24,25)/t15-/m1/s1. The third kappa shape index (κ3) is 7.37. The fraction of sp³-hybridized carbons (Fsp3) is 0.526. The molecular weight excluding hydrogens is 320 g/mol. The van der Waals surface area contributed by atoms with Gasteiger partial charge in [-0.05, 0) is 42.0 Å². The van der Waals surface area contributed by atoms with Gasteiger partial charge < -0.3 is 15.7 Å². The summed E-state index contributed by atoms with van der Waals surface area (Å²) in [6, 6.07) is 5.24. The van der Waals surface area contributed by atoms with E-state index in [9.17, 15) is 19.5 Å². The van der Waals surface area contributed by atoms with E-state index in [0.29, 0.717) is 24.1 Å². The number of benzene rings is 1. The van der Waals surface area contributed by atoms with Crippen molar-refractivity contribution >= 4 is 17.8 Å². The normalized spacial score (nSPS) is 12.6. The lowest BCUT2D eigenvalue weighted by molar-refractivity contribution is -0.139. The molecule has 3 N–H and O–H groups in total. The fourth-order valence-corrected chi connectivity index (χ4v) is 2.15. The second-order valence-corrected chi connectivity index (χ2v) is 7.81. The van der Waals surface area contributed by atoms with E-state index in [0.717, 1.165) is 0 Å². The van der Waals surface area contributed by atoms with Gasteiger partial charge in [-0.15, -0.1) is 0 Å². The number of aliphatic carboxylic acids is 1. The summed E-state index contributed by atoms with van der Waals surface area (Å²) in [5.74, 6) is -1.57. The highest BCUT2D eigenvalue weighted by Crippen LogP contribution is 2.12. The van der Waals surface area contributed by atoms with Crippen LogP contribution in [0.5, 0.6) is 0 Å². The molecule has 1 aromatic rings. The first kappa shape index (κ1) is 20.7. The number of carbonyl (C=O) groups excluding carboxylic acids is 2. The monoisotopic (exact) mass is 348 g/mol. The molecule has 2 amide bonds.